The minimum Gasteiger partial charge on any atom is -0.438 e. The number of nitrogens with one attached hydrogen (secondary N) is 1. The fourth-order valence-electron chi connectivity index (χ4n) is 1.62. The molecule has 5 nitrogen and oxygen atoms in total. The lowest BCUT2D eigenvalue weighted by molar-refractivity contribution is 0.0262. The van der Waals surface area contributed by atoms with Crippen LogP contribution in [0, 0.1) is 0 Å². The van der Waals surface area contributed by atoms with E-state index in [-0.39, 0.29) is 0 Å². The predicted octanol–water partition coefficient (Wildman–Crippen LogP) is 2.28. The fourth-order valence-corrected chi connectivity index (χ4v) is 1.62. The van der Waals surface area contributed by atoms with Crippen LogP contribution in [0.3, 0.4) is 0 Å². The van der Waals surface area contributed by atoms with Gasteiger partial charge in [0, 0.05) is 6.42 Å². The first-order valence-electron chi connectivity index (χ1n) is 5.44. The Morgan fingerprint density at radius 1 is 1.44 bits per heavy atom. The first-order valence-corrected chi connectivity index (χ1v) is 5.44. The molecule has 3 amide bonds. The number of primary amides is 1. The molecule has 1 aromatic carbocycles. The number of benzene rings is 1. The van der Waals surface area contributed by atoms with Gasteiger partial charge in [-0.3, -0.25) is 0 Å². The third kappa shape index (κ3) is 3.62. The van der Waals surface area contributed by atoms with Gasteiger partial charge in [0.1, 0.15) is 5.60 Å². The highest BCUT2D eigenvalue weighted by Crippen LogP contribution is 2.29. The van der Waals surface area contributed by atoms with Crippen LogP contribution in [0.5, 0.6) is 0 Å². The van der Waals surface area contributed by atoms with Crippen LogP contribution in [0.2, 0.25) is 0 Å². The second-order valence-electron chi connectivity index (χ2n) is 3.97. The molecule has 0 aliphatic carbocycles. The number of alkyl carbamates (subject to hydrolysis) is 1. The number of rotatable bonds is 4. The smallest absolute Gasteiger partial charge is 0.416 e. The summed E-state index contributed by atoms with van der Waals surface area (Å²) in [5.41, 5.74) is 4.78. The van der Waals surface area contributed by atoms with Crippen LogP contribution in [-0.4, -0.2) is 12.1 Å². The summed E-state index contributed by atoms with van der Waals surface area (Å²) in [7, 11) is 0. The first kappa shape index (κ1) is 13.8. The third-order valence-electron chi connectivity index (χ3n) is 2.46. The SMILES string of the molecule is C=CCC(C)(OC(=O)NC(N)=O)c1ccccc1. The van der Waals surface area contributed by atoms with Gasteiger partial charge >= 0.3 is 12.1 Å². The maximum atomic E-state index is 11.4. The van der Waals surface area contributed by atoms with E-state index < -0.39 is 17.7 Å². The summed E-state index contributed by atoms with van der Waals surface area (Å²) in [5.74, 6) is 0. The Kier molecular flexibility index (Phi) is 4.48. The highest BCUT2D eigenvalue weighted by molar-refractivity contribution is 5.89. The molecule has 0 bridgehead atoms. The van der Waals surface area contributed by atoms with Gasteiger partial charge in [-0.25, -0.2) is 14.9 Å². The third-order valence-corrected chi connectivity index (χ3v) is 2.46. The molecule has 0 aromatic heterocycles. The Balaban J connectivity index is 2.90. The topological polar surface area (TPSA) is 81.4 Å². The number of carbonyl (C=O) groups is 2. The maximum absolute atomic E-state index is 11.4. The van der Waals surface area contributed by atoms with Crippen molar-refractivity contribution in [3.63, 3.8) is 0 Å². The number of amides is 3. The van der Waals surface area contributed by atoms with Crippen LogP contribution >= 0.6 is 0 Å². The number of imide groups is 1. The lowest BCUT2D eigenvalue weighted by Gasteiger charge is -2.28. The van der Waals surface area contributed by atoms with E-state index in [1.54, 1.807) is 13.0 Å². The monoisotopic (exact) mass is 248 g/mol. The molecule has 1 rings (SSSR count). The molecule has 3 N–H and O–H groups in total. The van der Waals surface area contributed by atoms with Gasteiger partial charge in [0.05, 0.1) is 0 Å². The lowest BCUT2D eigenvalue weighted by atomic mass is 9.92. The van der Waals surface area contributed by atoms with Gasteiger partial charge in [0.25, 0.3) is 0 Å². The van der Waals surface area contributed by atoms with Crippen LogP contribution < -0.4 is 11.1 Å². The van der Waals surface area contributed by atoms with Gasteiger partial charge in [0.15, 0.2) is 0 Å². The zero-order valence-electron chi connectivity index (χ0n) is 10.2. The number of ether oxygens (including phenoxy) is 1. The molecule has 0 radical (unpaired) electrons. The van der Waals surface area contributed by atoms with Crippen LogP contribution in [0.25, 0.3) is 0 Å². The lowest BCUT2D eigenvalue weighted by Crippen LogP contribution is -2.40. The van der Waals surface area contributed by atoms with Gasteiger partial charge in [-0.1, -0.05) is 36.4 Å². The van der Waals surface area contributed by atoms with Gasteiger partial charge in [-0.05, 0) is 12.5 Å². The fraction of sp³-hybridized carbons (Fsp3) is 0.231. The zero-order valence-corrected chi connectivity index (χ0v) is 10.2. The van der Waals surface area contributed by atoms with Crippen molar-refractivity contribution < 1.29 is 14.3 Å². The Labute approximate surface area is 106 Å². The number of hydrogen-bond acceptors (Lipinski definition) is 3. The maximum Gasteiger partial charge on any atom is 0.416 e. The Morgan fingerprint density at radius 2 is 2.06 bits per heavy atom. The van der Waals surface area contributed by atoms with E-state index in [2.05, 4.69) is 6.58 Å². The Morgan fingerprint density at radius 3 is 2.56 bits per heavy atom. The molecule has 0 fully saturated rings. The van der Waals surface area contributed by atoms with Gasteiger partial charge < -0.3 is 10.5 Å². The van der Waals surface area contributed by atoms with E-state index >= 15 is 0 Å². The quantitative estimate of drug-likeness (QED) is 0.802. The van der Waals surface area contributed by atoms with Crippen molar-refractivity contribution in [2.24, 2.45) is 5.73 Å². The minimum atomic E-state index is -0.950. The molecule has 1 aromatic rings. The van der Waals surface area contributed by atoms with E-state index in [1.165, 1.54) is 0 Å². The second-order valence-corrected chi connectivity index (χ2v) is 3.97. The standard InChI is InChI=1S/C13H16N2O3/c1-3-9-13(2,10-7-5-4-6-8-10)18-12(17)15-11(14)16/h3-8H,1,9H2,2H3,(H3,14,15,16,17). The van der Waals surface area contributed by atoms with Crippen molar-refractivity contribution in [1.29, 1.82) is 0 Å². The molecule has 0 heterocycles. The molecule has 1 unspecified atom stereocenters. The molecule has 18 heavy (non-hydrogen) atoms. The summed E-state index contributed by atoms with van der Waals surface area (Å²) in [6.45, 7) is 5.38. The summed E-state index contributed by atoms with van der Waals surface area (Å²) in [5, 5.41) is 1.87. The summed E-state index contributed by atoms with van der Waals surface area (Å²) >= 11 is 0. The number of urea groups is 1. The average Bonchev–Trinajstić information content (AvgIpc) is 2.29. The summed E-state index contributed by atoms with van der Waals surface area (Å²) < 4.78 is 5.25. The van der Waals surface area contributed by atoms with Crippen molar-refractivity contribution >= 4 is 12.1 Å². The van der Waals surface area contributed by atoms with Gasteiger partial charge in [-0.2, -0.15) is 0 Å². The number of carbonyl (C=O) groups excluding carboxylic acids is 2. The van der Waals surface area contributed by atoms with E-state index in [1.807, 2.05) is 35.6 Å². The normalized spacial score (nSPS) is 13.2. The van der Waals surface area contributed by atoms with Crippen LogP contribution in [0.4, 0.5) is 9.59 Å². The molecule has 0 aliphatic rings. The molecule has 0 saturated carbocycles. The van der Waals surface area contributed by atoms with Gasteiger partial charge in [0.2, 0.25) is 0 Å². The summed E-state index contributed by atoms with van der Waals surface area (Å²) in [6, 6.07) is 8.26. The van der Waals surface area contributed by atoms with E-state index in [0.717, 1.165) is 5.56 Å². The second kappa shape index (κ2) is 5.86. The minimum absolute atomic E-state index is 0.420. The summed E-state index contributed by atoms with van der Waals surface area (Å²) in [4.78, 5) is 22.0. The molecule has 0 saturated heterocycles. The average molecular weight is 248 g/mol. The molecule has 96 valence electrons. The van der Waals surface area contributed by atoms with Crippen molar-refractivity contribution in [3.05, 3.63) is 48.6 Å². The van der Waals surface area contributed by atoms with Crippen LogP contribution in [0.15, 0.2) is 43.0 Å². The van der Waals surface area contributed by atoms with Crippen molar-refractivity contribution in [1.82, 2.24) is 5.32 Å². The Hall–Kier alpha value is -2.30. The number of hydrogen-bond donors (Lipinski definition) is 2. The molecular formula is C13H16N2O3. The summed E-state index contributed by atoms with van der Waals surface area (Å²) in [6.07, 6.45) is 1.18. The first-order chi connectivity index (χ1) is 8.48. The molecule has 1 atom stereocenters. The predicted molar refractivity (Wildman–Crippen MR) is 67.8 cm³/mol. The zero-order chi connectivity index (χ0) is 13.6. The molecule has 0 spiro atoms. The molecule has 5 heteroatoms. The van der Waals surface area contributed by atoms with E-state index in [0.29, 0.717) is 6.42 Å². The van der Waals surface area contributed by atoms with Crippen LogP contribution in [0.1, 0.15) is 18.9 Å². The van der Waals surface area contributed by atoms with Crippen LogP contribution in [-0.2, 0) is 10.3 Å². The largest absolute Gasteiger partial charge is 0.438 e. The highest BCUT2D eigenvalue weighted by atomic mass is 16.6. The van der Waals surface area contributed by atoms with Gasteiger partial charge in [-0.15, -0.1) is 6.58 Å². The highest BCUT2D eigenvalue weighted by Gasteiger charge is 2.30. The van der Waals surface area contributed by atoms with E-state index in [4.69, 9.17) is 10.5 Å². The number of nitrogens with two attached hydrogens (primary N) is 1. The van der Waals surface area contributed by atoms with Crippen molar-refractivity contribution in [2.75, 3.05) is 0 Å². The van der Waals surface area contributed by atoms with E-state index in [9.17, 15) is 9.59 Å². The van der Waals surface area contributed by atoms with Crippen molar-refractivity contribution in [3.8, 4) is 0 Å². The molecule has 0 aliphatic heterocycles. The Bertz CT molecular complexity index is 445. The van der Waals surface area contributed by atoms with Crippen molar-refractivity contribution in [2.45, 2.75) is 18.9 Å². The molecular weight excluding hydrogens is 232 g/mol.